The Bertz CT molecular complexity index is 1100. The first-order valence-corrected chi connectivity index (χ1v) is 11.5. The third kappa shape index (κ3) is 4.82. The Hall–Kier alpha value is -3.06. The lowest BCUT2D eigenvalue weighted by molar-refractivity contribution is 0.589. The highest BCUT2D eigenvalue weighted by molar-refractivity contribution is 5.69. The lowest BCUT2D eigenvalue weighted by Gasteiger charge is -2.23. The van der Waals surface area contributed by atoms with Crippen molar-refractivity contribution in [3.63, 3.8) is 0 Å². The summed E-state index contributed by atoms with van der Waals surface area (Å²) in [5.74, 6) is 0.945. The summed E-state index contributed by atoms with van der Waals surface area (Å²) in [6.45, 7) is 6.79. The van der Waals surface area contributed by atoms with Gasteiger partial charge in [0.2, 0.25) is 0 Å². The van der Waals surface area contributed by atoms with Crippen LogP contribution >= 0.6 is 0 Å². The smallest absolute Gasteiger partial charge is 0.0390 e. The molecule has 2 N–H and O–H groups in total. The molecule has 4 rings (SSSR count). The molecule has 1 aliphatic rings. The molecule has 0 aliphatic heterocycles. The van der Waals surface area contributed by atoms with Gasteiger partial charge < -0.3 is 5.73 Å². The molecule has 1 heteroatoms. The molecule has 3 aromatic carbocycles. The van der Waals surface area contributed by atoms with Gasteiger partial charge in [0, 0.05) is 11.3 Å². The Balaban J connectivity index is 1.60. The average molecular weight is 408 g/mol. The number of nitrogens with two attached hydrogens (primary N) is 1. The standard InChI is InChI=1S/C30H33N/c1-4-7-23-12-15-26(16-13-23)27-10-6-9-24(19-27)18-25-14-17-28-22(3)21(2)8-5-11-30(31)29(28)20-25/h5-6,8-17,19-22H,4,7,18,31H2,1-3H3/b8-5-,30-11-. The molecule has 2 atom stereocenters. The summed E-state index contributed by atoms with van der Waals surface area (Å²) in [6, 6.07) is 24.8. The topological polar surface area (TPSA) is 26.0 Å². The zero-order valence-electron chi connectivity index (χ0n) is 18.9. The zero-order valence-corrected chi connectivity index (χ0v) is 18.9. The summed E-state index contributed by atoms with van der Waals surface area (Å²) in [6.07, 6.45) is 9.61. The van der Waals surface area contributed by atoms with Crippen LogP contribution < -0.4 is 5.73 Å². The van der Waals surface area contributed by atoms with E-state index in [9.17, 15) is 0 Å². The van der Waals surface area contributed by atoms with E-state index in [-0.39, 0.29) is 0 Å². The first-order chi connectivity index (χ1) is 15.0. The molecule has 0 aromatic heterocycles. The normalized spacial score (nSPS) is 20.8. The second-order valence-electron chi connectivity index (χ2n) is 8.90. The average Bonchev–Trinajstić information content (AvgIpc) is 2.79. The Kier molecular flexibility index (Phi) is 6.42. The van der Waals surface area contributed by atoms with E-state index in [2.05, 4.69) is 99.7 Å². The lowest BCUT2D eigenvalue weighted by atomic mass is 9.82. The Morgan fingerprint density at radius 3 is 2.32 bits per heavy atom. The minimum atomic E-state index is 0.451. The van der Waals surface area contributed by atoms with E-state index in [1.807, 2.05) is 6.08 Å². The van der Waals surface area contributed by atoms with Crippen molar-refractivity contribution in [2.75, 3.05) is 0 Å². The molecule has 1 aliphatic carbocycles. The fourth-order valence-corrected chi connectivity index (χ4v) is 4.48. The van der Waals surface area contributed by atoms with Gasteiger partial charge in [-0.15, -0.1) is 0 Å². The van der Waals surface area contributed by atoms with Crippen LogP contribution in [-0.4, -0.2) is 0 Å². The SMILES string of the molecule is CCCc1ccc(-c2cccc(Cc3ccc4c(c3)/C(N)=C/C=C\C(C)C4C)c2)cc1. The number of allylic oxidation sites excluding steroid dienone is 3. The van der Waals surface area contributed by atoms with E-state index in [4.69, 9.17) is 5.73 Å². The largest absolute Gasteiger partial charge is 0.398 e. The summed E-state index contributed by atoms with van der Waals surface area (Å²) in [7, 11) is 0. The second kappa shape index (κ2) is 9.39. The fourth-order valence-electron chi connectivity index (χ4n) is 4.48. The Morgan fingerprint density at radius 2 is 1.55 bits per heavy atom. The summed E-state index contributed by atoms with van der Waals surface area (Å²) in [5, 5.41) is 0. The number of benzene rings is 3. The van der Waals surface area contributed by atoms with Crippen molar-refractivity contribution in [2.24, 2.45) is 11.7 Å². The van der Waals surface area contributed by atoms with Crippen molar-refractivity contribution in [3.05, 3.63) is 113 Å². The van der Waals surface area contributed by atoms with Gasteiger partial charge in [-0.1, -0.05) is 100 Å². The molecule has 1 nitrogen and oxygen atoms in total. The molecule has 0 heterocycles. The van der Waals surface area contributed by atoms with Gasteiger partial charge in [-0.3, -0.25) is 0 Å². The van der Waals surface area contributed by atoms with Gasteiger partial charge in [0.1, 0.15) is 0 Å². The third-order valence-corrected chi connectivity index (χ3v) is 6.56. The lowest BCUT2D eigenvalue weighted by Crippen LogP contribution is -2.11. The van der Waals surface area contributed by atoms with Crippen LogP contribution in [0.2, 0.25) is 0 Å². The van der Waals surface area contributed by atoms with Crippen LogP contribution in [0.3, 0.4) is 0 Å². The molecule has 0 spiro atoms. The molecule has 0 saturated carbocycles. The van der Waals surface area contributed by atoms with Gasteiger partial charge in [-0.05, 0) is 70.2 Å². The van der Waals surface area contributed by atoms with Crippen molar-refractivity contribution < 1.29 is 0 Å². The van der Waals surface area contributed by atoms with E-state index in [0.717, 1.165) is 18.5 Å². The van der Waals surface area contributed by atoms with E-state index >= 15 is 0 Å². The van der Waals surface area contributed by atoms with Crippen molar-refractivity contribution in [1.29, 1.82) is 0 Å². The number of rotatable bonds is 5. The summed E-state index contributed by atoms with van der Waals surface area (Å²) in [5.41, 5.74) is 16.4. The molecule has 0 bridgehead atoms. The van der Waals surface area contributed by atoms with Crippen LogP contribution in [0.5, 0.6) is 0 Å². The number of aryl methyl sites for hydroxylation is 1. The third-order valence-electron chi connectivity index (χ3n) is 6.56. The highest BCUT2D eigenvalue weighted by Crippen LogP contribution is 2.33. The van der Waals surface area contributed by atoms with Gasteiger partial charge in [-0.25, -0.2) is 0 Å². The van der Waals surface area contributed by atoms with Crippen LogP contribution in [-0.2, 0) is 12.8 Å². The summed E-state index contributed by atoms with van der Waals surface area (Å²) in [4.78, 5) is 0. The van der Waals surface area contributed by atoms with Crippen LogP contribution in [0, 0.1) is 5.92 Å². The predicted molar refractivity (Wildman–Crippen MR) is 134 cm³/mol. The van der Waals surface area contributed by atoms with Crippen molar-refractivity contribution in [1.82, 2.24) is 0 Å². The molecule has 0 fully saturated rings. The summed E-state index contributed by atoms with van der Waals surface area (Å²) >= 11 is 0. The van der Waals surface area contributed by atoms with Crippen molar-refractivity contribution in [3.8, 4) is 11.1 Å². The predicted octanol–water partition coefficient (Wildman–Crippen LogP) is 7.51. The van der Waals surface area contributed by atoms with Gasteiger partial charge in [0.25, 0.3) is 0 Å². The maximum absolute atomic E-state index is 6.43. The van der Waals surface area contributed by atoms with Crippen molar-refractivity contribution >= 4 is 5.70 Å². The molecule has 0 saturated heterocycles. The molecule has 0 amide bonds. The molecular formula is C30H33N. The van der Waals surface area contributed by atoms with E-state index in [1.165, 1.54) is 45.4 Å². The second-order valence-corrected chi connectivity index (χ2v) is 8.90. The van der Waals surface area contributed by atoms with Crippen LogP contribution in [0.1, 0.15) is 60.9 Å². The van der Waals surface area contributed by atoms with E-state index in [1.54, 1.807) is 0 Å². The highest BCUT2D eigenvalue weighted by atomic mass is 14.6. The maximum Gasteiger partial charge on any atom is 0.0390 e. The van der Waals surface area contributed by atoms with Crippen LogP contribution in [0.15, 0.2) is 85.0 Å². The Morgan fingerprint density at radius 1 is 0.806 bits per heavy atom. The monoisotopic (exact) mass is 407 g/mol. The van der Waals surface area contributed by atoms with Crippen LogP contribution in [0.4, 0.5) is 0 Å². The molecule has 3 aromatic rings. The van der Waals surface area contributed by atoms with Gasteiger partial charge in [-0.2, -0.15) is 0 Å². The minimum absolute atomic E-state index is 0.451. The molecule has 2 unspecified atom stereocenters. The molecule has 31 heavy (non-hydrogen) atoms. The minimum Gasteiger partial charge on any atom is -0.398 e. The van der Waals surface area contributed by atoms with Gasteiger partial charge in [0.15, 0.2) is 0 Å². The molecular weight excluding hydrogens is 374 g/mol. The van der Waals surface area contributed by atoms with Gasteiger partial charge in [0.05, 0.1) is 0 Å². The van der Waals surface area contributed by atoms with Crippen molar-refractivity contribution in [2.45, 2.75) is 46.0 Å². The molecule has 0 radical (unpaired) electrons. The van der Waals surface area contributed by atoms with E-state index in [0.29, 0.717) is 11.8 Å². The zero-order chi connectivity index (χ0) is 21.8. The highest BCUT2D eigenvalue weighted by Gasteiger charge is 2.18. The fraction of sp³-hybridized carbons (Fsp3) is 0.267. The first-order valence-electron chi connectivity index (χ1n) is 11.5. The summed E-state index contributed by atoms with van der Waals surface area (Å²) < 4.78 is 0. The Labute approximate surface area is 187 Å². The number of hydrogen-bond acceptors (Lipinski definition) is 1. The van der Waals surface area contributed by atoms with E-state index < -0.39 is 0 Å². The number of hydrogen-bond donors (Lipinski definition) is 1. The molecule has 158 valence electrons. The first kappa shape index (κ1) is 21.2. The number of fused-ring (bicyclic) bond motifs is 1. The maximum atomic E-state index is 6.43. The van der Waals surface area contributed by atoms with Gasteiger partial charge >= 0.3 is 0 Å². The van der Waals surface area contributed by atoms with Crippen LogP contribution in [0.25, 0.3) is 16.8 Å². The quantitative estimate of drug-likeness (QED) is 0.465.